The number of nitrogens with two attached hydrogens (primary N) is 1. The Hall–Kier alpha value is -3.66. The molecule has 184 valence electrons. The normalized spacial score (nSPS) is 13.8. The SMILES string of the molecule is COc1ccc(OCCN2CCN(C(=O)c3cc(OC)c(OCC(N)=O)c(OC)c3)CC2)cc1. The van der Waals surface area contributed by atoms with Gasteiger partial charge in [0.05, 0.1) is 21.3 Å². The molecule has 2 amide bonds. The van der Waals surface area contributed by atoms with Crippen LogP contribution in [0, 0.1) is 0 Å². The first-order chi connectivity index (χ1) is 16.4. The largest absolute Gasteiger partial charge is 0.497 e. The lowest BCUT2D eigenvalue weighted by Gasteiger charge is -2.34. The van der Waals surface area contributed by atoms with Crippen molar-refractivity contribution in [2.75, 3.05) is 67.3 Å². The number of ether oxygens (including phenoxy) is 5. The Morgan fingerprint density at radius 3 is 1.97 bits per heavy atom. The smallest absolute Gasteiger partial charge is 0.255 e. The summed E-state index contributed by atoms with van der Waals surface area (Å²) in [5.41, 5.74) is 5.57. The molecule has 2 N–H and O–H groups in total. The zero-order valence-corrected chi connectivity index (χ0v) is 19.7. The molecule has 34 heavy (non-hydrogen) atoms. The van der Waals surface area contributed by atoms with Gasteiger partial charge in [-0.15, -0.1) is 0 Å². The molecule has 1 fully saturated rings. The summed E-state index contributed by atoms with van der Waals surface area (Å²) in [5, 5.41) is 0. The highest BCUT2D eigenvalue weighted by molar-refractivity contribution is 5.95. The first-order valence-corrected chi connectivity index (χ1v) is 10.9. The third-order valence-corrected chi connectivity index (χ3v) is 5.46. The van der Waals surface area contributed by atoms with Crippen LogP contribution in [0.25, 0.3) is 0 Å². The summed E-state index contributed by atoms with van der Waals surface area (Å²) >= 11 is 0. The average molecular weight is 474 g/mol. The molecule has 2 aromatic rings. The van der Waals surface area contributed by atoms with E-state index in [1.165, 1.54) is 14.2 Å². The molecule has 1 heterocycles. The summed E-state index contributed by atoms with van der Waals surface area (Å²) in [6.07, 6.45) is 0. The number of carbonyl (C=O) groups is 2. The molecule has 3 rings (SSSR count). The molecule has 10 nitrogen and oxygen atoms in total. The van der Waals surface area contributed by atoms with E-state index in [9.17, 15) is 9.59 Å². The van der Waals surface area contributed by atoms with Crippen LogP contribution < -0.4 is 29.4 Å². The van der Waals surface area contributed by atoms with E-state index in [4.69, 9.17) is 29.4 Å². The number of benzene rings is 2. The lowest BCUT2D eigenvalue weighted by Crippen LogP contribution is -2.49. The lowest BCUT2D eigenvalue weighted by atomic mass is 10.1. The number of nitrogens with zero attached hydrogens (tertiary/aromatic N) is 2. The number of methoxy groups -OCH3 is 3. The maximum absolute atomic E-state index is 13.1. The summed E-state index contributed by atoms with van der Waals surface area (Å²) in [7, 11) is 4.53. The van der Waals surface area contributed by atoms with Gasteiger partial charge in [0.2, 0.25) is 5.75 Å². The molecule has 10 heteroatoms. The van der Waals surface area contributed by atoms with Crippen LogP contribution in [0.4, 0.5) is 0 Å². The van der Waals surface area contributed by atoms with Gasteiger partial charge in [-0.2, -0.15) is 0 Å². The van der Waals surface area contributed by atoms with Crippen molar-refractivity contribution >= 4 is 11.8 Å². The third kappa shape index (κ3) is 6.44. The van der Waals surface area contributed by atoms with Gasteiger partial charge in [0.25, 0.3) is 11.8 Å². The molecule has 0 radical (unpaired) electrons. The average Bonchev–Trinajstić information content (AvgIpc) is 2.87. The van der Waals surface area contributed by atoms with Gasteiger partial charge in [0.15, 0.2) is 18.1 Å². The molecule has 1 aliphatic heterocycles. The Morgan fingerprint density at radius 2 is 1.44 bits per heavy atom. The van der Waals surface area contributed by atoms with Gasteiger partial charge in [-0.1, -0.05) is 0 Å². The van der Waals surface area contributed by atoms with Crippen molar-refractivity contribution in [3.05, 3.63) is 42.0 Å². The van der Waals surface area contributed by atoms with Crippen molar-refractivity contribution in [2.24, 2.45) is 5.73 Å². The number of hydrogen-bond acceptors (Lipinski definition) is 8. The van der Waals surface area contributed by atoms with E-state index in [-0.39, 0.29) is 18.3 Å². The van der Waals surface area contributed by atoms with Gasteiger partial charge in [0.1, 0.15) is 18.1 Å². The highest BCUT2D eigenvalue weighted by Gasteiger charge is 2.25. The second-order valence-corrected chi connectivity index (χ2v) is 7.62. The quantitative estimate of drug-likeness (QED) is 0.521. The van der Waals surface area contributed by atoms with Crippen molar-refractivity contribution in [1.29, 1.82) is 0 Å². The molecule has 0 unspecified atom stereocenters. The van der Waals surface area contributed by atoms with Crippen LogP contribution in [0.2, 0.25) is 0 Å². The van der Waals surface area contributed by atoms with Gasteiger partial charge >= 0.3 is 0 Å². The molecule has 0 saturated carbocycles. The molecule has 1 saturated heterocycles. The first-order valence-electron chi connectivity index (χ1n) is 10.9. The van der Waals surface area contributed by atoms with Crippen LogP contribution >= 0.6 is 0 Å². The summed E-state index contributed by atoms with van der Waals surface area (Å²) in [6.45, 7) is 3.66. The van der Waals surface area contributed by atoms with E-state index in [0.717, 1.165) is 31.1 Å². The molecule has 0 aliphatic carbocycles. The molecular formula is C24H31N3O7. The van der Waals surface area contributed by atoms with Gasteiger partial charge in [-0.05, 0) is 36.4 Å². The second kappa shape index (κ2) is 12.0. The molecule has 0 spiro atoms. The van der Waals surface area contributed by atoms with E-state index >= 15 is 0 Å². The Bertz CT molecular complexity index is 948. The van der Waals surface area contributed by atoms with Crippen LogP contribution in [0.5, 0.6) is 28.7 Å². The van der Waals surface area contributed by atoms with Crippen molar-refractivity contribution in [1.82, 2.24) is 9.80 Å². The highest BCUT2D eigenvalue weighted by atomic mass is 16.5. The fourth-order valence-electron chi connectivity index (χ4n) is 3.61. The predicted molar refractivity (Wildman–Crippen MR) is 125 cm³/mol. The zero-order chi connectivity index (χ0) is 24.5. The summed E-state index contributed by atoms with van der Waals surface area (Å²) < 4.78 is 27.1. The summed E-state index contributed by atoms with van der Waals surface area (Å²) in [5.74, 6) is 1.62. The van der Waals surface area contributed by atoms with E-state index in [1.54, 1.807) is 24.1 Å². The Morgan fingerprint density at radius 1 is 0.853 bits per heavy atom. The molecular weight excluding hydrogens is 442 g/mol. The monoisotopic (exact) mass is 473 g/mol. The number of amides is 2. The van der Waals surface area contributed by atoms with Gasteiger partial charge in [-0.25, -0.2) is 0 Å². The van der Waals surface area contributed by atoms with Crippen molar-refractivity contribution in [3.8, 4) is 28.7 Å². The number of hydrogen-bond donors (Lipinski definition) is 1. The Labute approximate surface area is 199 Å². The number of piperazine rings is 1. The second-order valence-electron chi connectivity index (χ2n) is 7.62. The Kier molecular flexibility index (Phi) is 8.80. The summed E-state index contributed by atoms with van der Waals surface area (Å²) in [6, 6.07) is 10.6. The fraction of sp³-hybridized carbons (Fsp3) is 0.417. The van der Waals surface area contributed by atoms with Crippen LogP contribution in [0.1, 0.15) is 10.4 Å². The number of rotatable bonds is 11. The minimum atomic E-state index is -0.628. The van der Waals surface area contributed by atoms with Gasteiger partial charge < -0.3 is 34.3 Å². The van der Waals surface area contributed by atoms with Crippen molar-refractivity contribution in [2.45, 2.75) is 0 Å². The van der Waals surface area contributed by atoms with E-state index < -0.39 is 5.91 Å². The van der Waals surface area contributed by atoms with Crippen molar-refractivity contribution < 1.29 is 33.3 Å². The number of primary amides is 1. The van der Waals surface area contributed by atoms with Crippen molar-refractivity contribution in [3.63, 3.8) is 0 Å². The van der Waals surface area contributed by atoms with Crippen LogP contribution in [-0.2, 0) is 4.79 Å². The Balaban J connectivity index is 1.54. The predicted octanol–water partition coefficient (Wildman–Crippen LogP) is 1.41. The maximum atomic E-state index is 13.1. The zero-order valence-electron chi connectivity index (χ0n) is 19.7. The minimum Gasteiger partial charge on any atom is -0.497 e. The fourth-order valence-corrected chi connectivity index (χ4v) is 3.61. The maximum Gasteiger partial charge on any atom is 0.255 e. The molecule has 1 aliphatic rings. The van der Waals surface area contributed by atoms with E-state index in [0.29, 0.717) is 36.8 Å². The standard InChI is InChI=1S/C24H31N3O7/c1-30-18-4-6-19(7-5-18)33-13-12-26-8-10-27(11-9-26)24(29)17-14-20(31-2)23(21(15-17)32-3)34-16-22(25)28/h4-7,14-15H,8-13,16H2,1-3H3,(H2,25,28). The molecule has 0 atom stereocenters. The first kappa shape index (κ1) is 25.0. The topological polar surface area (TPSA) is 113 Å². The number of carbonyl (C=O) groups excluding carboxylic acids is 2. The van der Waals surface area contributed by atoms with Crippen LogP contribution in [0.3, 0.4) is 0 Å². The highest BCUT2D eigenvalue weighted by Crippen LogP contribution is 2.39. The van der Waals surface area contributed by atoms with Gasteiger partial charge in [0, 0.05) is 38.3 Å². The summed E-state index contributed by atoms with van der Waals surface area (Å²) in [4.78, 5) is 28.2. The minimum absolute atomic E-state index is 0.132. The van der Waals surface area contributed by atoms with E-state index in [1.807, 2.05) is 24.3 Å². The molecule has 0 aromatic heterocycles. The van der Waals surface area contributed by atoms with E-state index in [2.05, 4.69) is 4.90 Å². The van der Waals surface area contributed by atoms with Crippen LogP contribution in [-0.4, -0.2) is 88.9 Å². The van der Waals surface area contributed by atoms with Crippen LogP contribution in [0.15, 0.2) is 36.4 Å². The molecule has 2 aromatic carbocycles. The van der Waals surface area contributed by atoms with Gasteiger partial charge in [-0.3, -0.25) is 14.5 Å². The lowest BCUT2D eigenvalue weighted by molar-refractivity contribution is -0.120. The third-order valence-electron chi connectivity index (χ3n) is 5.46. The molecule has 0 bridgehead atoms.